The van der Waals surface area contributed by atoms with E-state index in [2.05, 4.69) is 92.1 Å². The first-order valence-corrected chi connectivity index (χ1v) is 16.5. The van der Waals surface area contributed by atoms with Crippen molar-refractivity contribution in [2.45, 2.75) is 78.2 Å². The number of primary amides is 1. The summed E-state index contributed by atoms with van der Waals surface area (Å²) in [5.41, 5.74) is 9.45. The predicted molar refractivity (Wildman–Crippen MR) is 190 cm³/mol. The van der Waals surface area contributed by atoms with Crippen LogP contribution in [0.25, 0.3) is 22.5 Å². The molecule has 0 saturated heterocycles. The van der Waals surface area contributed by atoms with Gasteiger partial charge < -0.3 is 21.5 Å². The number of benzene rings is 2. The number of carboxylic acids is 1. The maximum atomic E-state index is 13.0. The Morgan fingerprint density at radius 1 is 0.812 bits per heavy atom. The zero-order valence-electron chi connectivity index (χ0n) is 28.6. The van der Waals surface area contributed by atoms with Crippen LogP contribution in [0.4, 0.5) is 0 Å². The molecule has 2 aromatic carbocycles. The first-order valence-electron chi connectivity index (χ1n) is 15.7. The molecule has 0 fully saturated rings. The number of aliphatic carboxylic acids is 1. The third kappa shape index (κ3) is 11.1. The van der Waals surface area contributed by atoms with Crippen LogP contribution in [0.1, 0.15) is 80.6 Å². The molecule has 0 aliphatic carbocycles. The van der Waals surface area contributed by atoms with Crippen LogP contribution in [0.15, 0.2) is 73.1 Å². The van der Waals surface area contributed by atoms with Crippen molar-refractivity contribution >= 4 is 35.0 Å². The fraction of sp³-hybridized carbons (Fsp3) is 0.351. The minimum Gasteiger partial charge on any atom is -0.480 e. The average molecular weight is 672 g/mol. The van der Waals surface area contributed by atoms with Gasteiger partial charge in [-0.1, -0.05) is 97.0 Å². The van der Waals surface area contributed by atoms with Gasteiger partial charge in [0.15, 0.2) is 5.82 Å². The molecule has 11 heteroatoms. The van der Waals surface area contributed by atoms with Crippen LogP contribution in [-0.2, 0) is 31.6 Å². The lowest BCUT2D eigenvalue weighted by atomic mass is 9.86. The monoisotopic (exact) mass is 671 g/mol. The number of carbonyl (C=O) groups is 4. The Balaban J connectivity index is 0.00000116. The van der Waals surface area contributed by atoms with E-state index in [4.69, 9.17) is 5.11 Å². The number of nitrogens with one attached hydrogen (secondary N) is 2. The molecule has 5 N–H and O–H groups in total. The zero-order chi connectivity index (χ0) is 35.6. The number of nitrogens with two attached hydrogens (primary N) is 1. The molecule has 3 amide bonds. The van der Waals surface area contributed by atoms with Crippen LogP contribution < -0.4 is 16.4 Å². The van der Waals surface area contributed by atoms with Gasteiger partial charge in [0.2, 0.25) is 11.8 Å². The van der Waals surface area contributed by atoms with Crippen molar-refractivity contribution in [2.24, 2.45) is 5.73 Å². The molecule has 0 radical (unpaired) electrons. The maximum absolute atomic E-state index is 13.0. The fourth-order valence-corrected chi connectivity index (χ4v) is 5.37. The molecule has 10 nitrogen and oxygen atoms in total. The minimum absolute atomic E-state index is 0.0825. The summed E-state index contributed by atoms with van der Waals surface area (Å²) in [6.45, 7) is 13.9. The summed E-state index contributed by atoms with van der Waals surface area (Å²) in [5.74, 6) is -1.79. The van der Waals surface area contributed by atoms with E-state index in [1.165, 1.54) is 16.9 Å². The molecule has 2 aromatic heterocycles. The second kappa shape index (κ2) is 16.3. The van der Waals surface area contributed by atoms with E-state index in [-0.39, 0.29) is 29.1 Å². The Morgan fingerprint density at radius 3 is 1.85 bits per heavy atom. The Morgan fingerprint density at radius 2 is 1.38 bits per heavy atom. The van der Waals surface area contributed by atoms with E-state index in [1.54, 1.807) is 25.4 Å². The highest BCUT2D eigenvalue weighted by atomic mass is 32.1. The number of carboxylic acid groups (broad SMARTS) is 1. The van der Waals surface area contributed by atoms with Gasteiger partial charge in [-0.05, 0) is 39.7 Å². The van der Waals surface area contributed by atoms with Crippen LogP contribution in [0, 0.1) is 0 Å². The standard InChI is InChI=1S/C34H38N4O4S.C3H7NO/c1-33(2,3)25-13-11-22(12-14-25)24-18-35-30(36-19-24)23-9-7-21(8-10-23)17-26(31(41)37-20-29(39)40)38-32(42)27-15-16-28(43-27)34(4,5)6;1-2-3(4)5/h7-16,18-19,26H,17,20H2,1-6H3,(H,37,41)(H,38,42)(H,39,40);2H2,1H3,(H2,4,5). The molecule has 0 saturated carbocycles. The third-order valence-corrected chi connectivity index (χ3v) is 8.85. The Hall–Kier alpha value is -4.90. The number of nitrogens with zero attached hydrogens (tertiary/aromatic N) is 2. The van der Waals surface area contributed by atoms with Crippen molar-refractivity contribution in [3.63, 3.8) is 0 Å². The predicted octanol–water partition coefficient (Wildman–Crippen LogP) is 5.89. The smallest absolute Gasteiger partial charge is 0.322 e. The summed E-state index contributed by atoms with van der Waals surface area (Å²) in [6.07, 6.45) is 4.23. The summed E-state index contributed by atoms with van der Waals surface area (Å²) >= 11 is 1.37. The minimum atomic E-state index is -1.16. The molecule has 1 atom stereocenters. The lowest BCUT2D eigenvalue weighted by Crippen LogP contribution is -2.49. The second-order valence-electron chi connectivity index (χ2n) is 13.4. The number of aromatic nitrogens is 2. The normalized spacial score (nSPS) is 11.9. The molecular formula is C37H45N5O5S. The van der Waals surface area contributed by atoms with E-state index in [1.807, 2.05) is 30.3 Å². The van der Waals surface area contributed by atoms with Crippen molar-refractivity contribution in [1.29, 1.82) is 0 Å². The molecule has 0 bridgehead atoms. The third-order valence-electron chi connectivity index (χ3n) is 7.34. The van der Waals surface area contributed by atoms with E-state index in [9.17, 15) is 19.2 Å². The van der Waals surface area contributed by atoms with E-state index < -0.39 is 24.5 Å². The van der Waals surface area contributed by atoms with Crippen molar-refractivity contribution in [1.82, 2.24) is 20.6 Å². The number of thiophene rings is 1. The first-order chi connectivity index (χ1) is 22.5. The lowest BCUT2D eigenvalue weighted by molar-refractivity contribution is -0.138. The summed E-state index contributed by atoms with van der Waals surface area (Å²) in [7, 11) is 0. The molecule has 0 aliphatic heterocycles. The molecule has 4 aromatic rings. The Kier molecular flexibility index (Phi) is 12.7. The van der Waals surface area contributed by atoms with Gasteiger partial charge in [0.1, 0.15) is 12.6 Å². The van der Waals surface area contributed by atoms with Crippen molar-refractivity contribution < 1.29 is 24.3 Å². The van der Waals surface area contributed by atoms with Crippen molar-refractivity contribution in [2.75, 3.05) is 6.54 Å². The van der Waals surface area contributed by atoms with Gasteiger partial charge in [-0.25, -0.2) is 9.97 Å². The van der Waals surface area contributed by atoms with E-state index in [0.29, 0.717) is 17.1 Å². The van der Waals surface area contributed by atoms with Gasteiger partial charge in [-0.2, -0.15) is 0 Å². The topological polar surface area (TPSA) is 164 Å². The quantitative estimate of drug-likeness (QED) is 0.163. The SMILES string of the molecule is CC(C)(C)c1ccc(-c2cnc(-c3ccc(CC(NC(=O)c4ccc(C(C)(C)C)s4)C(=O)NCC(=O)O)cc3)nc2)cc1.CCC(N)=O. The van der Waals surface area contributed by atoms with Crippen LogP contribution in [0.3, 0.4) is 0 Å². The Bertz CT molecular complexity index is 1700. The fourth-order valence-electron chi connectivity index (χ4n) is 4.40. The molecule has 0 aliphatic rings. The molecule has 4 rings (SSSR count). The molecular weight excluding hydrogens is 627 g/mol. The zero-order valence-corrected chi connectivity index (χ0v) is 29.4. The summed E-state index contributed by atoms with van der Waals surface area (Å²) in [6, 6.07) is 18.5. The number of hydrogen-bond donors (Lipinski definition) is 4. The van der Waals surface area contributed by atoms with Crippen molar-refractivity contribution in [3.8, 4) is 22.5 Å². The van der Waals surface area contributed by atoms with Gasteiger partial charge in [0.25, 0.3) is 5.91 Å². The van der Waals surface area contributed by atoms with E-state index >= 15 is 0 Å². The number of amides is 3. The van der Waals surface area contributed by atoms with Crippen LogP contribution >= 0.6 is 11.3 Å². The molecule has 2 heterocycles. The lowest BCUT2D eigenvalue weighted by Gasteiger charge is -2.19. The molecule has 254 valence electrons. The van der Waals surface area contributed by atoms with Crippen LogP contribution in [0.5, 0.6) is 0 Å². The summed E-state index contributed by atoms with van der Waals surface area (Å²) < 4.78 is 0. The Labute approximate surface area is 286 Å². The van der Waals surface area contributed by atoms with Gasteiger partial charge in [0.05, 0.1) is 4.88 Å². The molecule has 1 unspecified atom stereocenters. The largest absolute Gasteiger partial charge is 0.480 e. The highest BCUT2D eigenvalue weighted by Crippen LogP contribution is 2.30. The summed E-state index contributed by atoms with van der Waals surface area (Å²) in [4.78, 5) is 57.2. The van der Waals surface area contributed by atoms with Crippen LogP contribution in [-0.4, -0.2) is 51.4 Å². The van der Waals surface area contributed by atoms with E-state index in [0.717, 1.165) is 27.1 Å². The maximum Gasteiger partial charge on any atom is 0.322 e. The highest BCUT2D eigenvalue weighted by Gasteiger charge is 2.25. The van der Waals surface area contributed by atoms with Crippen molar-refractivity contribution in [3.05, 3.63) is 93.9 Å². The van der Waals surface area contributed by atoms with Gasteiger partial charge in [-0.3, -0.25) is 19.2 Å². The average Bonchev–Trinajstić information content (AvgIpc) is 3.55. The first kappa shape index (κ1) is 37.6. The molecule has 48 heavy (non-hydrogen) atoms. The number of carbonyl (C=O) groups excluding carboxylic acids is 3. The van der Waals surface area contributed by atoms with Gasteiger partial charge in [-0.15, -0.1) is 11.3 Å². The highest BCUT2D eigenvalue weighted by molar-refractivity contribution is 7.14. The number of hydrogen-bond acceptors (Lipinski definition) is 7. The molecule has 0 spiro atoms. The summed E-state index contributed by atoms with van der Waals surface area (Å²) in [5, 5.41) is 14.2. The number of rotatable bonds is 10. The second-order valence-corrected chi connectivity index (χ2v) is 14.5. The van der Waals surface area contributed by atoms with Crippen LogP contribution in [0.2, 0.25) is 0 Å². The van der Waals surface area contributed by atoms with Gasteiger partial charge in [0, 0.05) is 41.2 Å². The van der Waals surface area contributed by atoms with Gasteiger partial charge >= 0.3 is 5.97 Å².